The Labute approximate surface area is 191 Å². The molecule has 4 unspecified atom stereocenters. The summed E-state index contributed by atoms with van der Waals surface area (Å²) in [6, 6.07) is 0. The van der Waals surface area contributed by atoms with Gasteiger partial charge in [-0.05, 0) is 63.4 Å². The fourth-order valence-corrected chi connectivity index (χ4v) is 4.45. The van der Waals surface area contributed by atoms with Gasteiger partial charge in [0.05, 0.1) is 17.6 Å². The number of epoxide rings is 1. The minimum Gasteiger partial charge on any atom is -0.457 e. The number of carbonyl (C=O) groups excluding carboxylic acids is 1. The molecule has 0 bridgehead atoms. The van der Waals surface area contributed by atoms with E-state index in [0.717, 1.165) is 32.1 Å². The van der Waals surface area contributed by atoms with Crippen molar-refractivity contribution in [2.75, 3.05) is 0 Å². The Morgan fingerprint density at radius 1 is 1.19 bits per heavy atom. The summed E-state index contributed by atoms with van der Waals surface area (Å²) in [5, 5.41) is 0. The lowest BCUT2D eigenvalue weighted by Crippen LogP contribution is -2.30. The van der Waals surface area contributed by atoms with Crippen LogP contribution >= 0.6 is 0 Å². The number of hydrogen-bond acceptors (Lipinski definition) is 3. The predicted molar refractivity (Wildman–Crippen MR) is 130 cm³/mol. The van der Waals surface area contributed by atoms with E-state index >= 15 is 0 Å². The van der Waals surface area contributed by atoms with Gasteiger partial charge in [0.25, 0.3) is 0 Å². The van der Waals surface area contributed by atoms with Gasteiger partial charge in [0, 0.05) is 6.42 Å². The van der Waals surface area contributed by atoms with Crippen LogP contribution in [0, 0.1) is 16.7 Å². The molecule has 0 amide bonds. The van der Waals surface area contributed by atoms with Crippen molar-refractivity contribution in [2.45, 2.75) is 118 Å². The molecule has 31 heavy (non-hydrogen) atoms. The Morgan fingerprint density at radius 2 is 1.97 bits per heavy atom. The quantitative estimate of drug-likeness (QED) is 0.172. The van der Waals surface area contributed by atoms with Crippen LogP contribution in [-0.4, -0.2) is 24.3 Å². The molecular weight excluding hydrogens is 384 g/mol. The smallest absolute Gasteiger partial charge is 0.312 e. The largest absolute Gasteiger partial charge is 0.457 e. The Hall–Kier alpha value is -1.35. The van der Waals surface area contributed by atoms with Gasteiger partial charge in [0.2, 0.25) is 0 Å². The molecule has 0 N–H and O–H groups in total. The zero-order valence-electron chi connectivity index (χ0n) is 20.9. The van der Waals surface area contributed by atoms with Crippen LogP contribution < -0.4 is 0 Å². The highest BCUT2D eigenvalue weighted by Gasteiger charge is 2.44. The van der Waals surface area contributed by atoms with Crippen molar-refractivity contribution in [1.82, 2.24) is 0 Å². The van der Waals surface area contributed by atoms with Gasteiger partial charge >= 0.3 is 5.97 Å². The van der Waals surface area contributed by atoms with Crippen molar-refractivity contribution >= 4 is 5.97 Å². The molecule has 1 saturated heterocycles. The van der Waals surface area contributed by atoms with Gasteiger partial charge in [-0.3, -0.25) is 4.79 Å². The van der Waals surface area contributed by atoms with Crippen molar-refractivity contribution in [1.29, 1.82) is 0 Å². The first-order chi connectivity index (χ1) is 14.6. The second-order valence-electron chi connectivity index (χ2n) is 11.0. The maximum Gasteiger partial charge on any atom is 0.312 e. The molecule has 2 rings (SSSR count). The highest BCUT2D eigenvalue weighted by atomic mass is 16.6. The molecule has 4 atom stereocenters. The summed E-state index contributed by atoms with van der Waals surface area (Å²) in [7, 11) is 0. The van der Waals surface area contributed by atoms with Crippen LogP contribution in [-0.2, 0) is 14.3 Å². The lowest BCUT2D eigenvalue weighted by Gasteiger charge is -2.25. The molecule has 176 valence electrons. The third kappa shape index (κ3) is 9.35. The minimum absolute atomic E-state index is 0.0841. The summed E-state index contributed by atoms with van der Waals surface area (Å²) in [6.07, 6.45) is 23.1. The Kier molecular flexibility index (Phi) is 10.1. The molecule has 1 fully saturated rings. The number of rotatable bonds is 8. The summed E-state index contributed by atoms with van der Waals surface area (Å²) in [6.45, 7) is 13.1. The Morgan fingerprint density at radius 3 is 2.71 bits per heavy atom. The summed E-state index contributed by atoms with van der Waals surface area (Å²) >= 11 is 0. The van der Waals surface area contributed by atoms with E-state index in [2.05, 4.69) is 52.0 Å². The van der Waals surface area contributed by atoms with Gasteiger partial charge < -0.3 is 9.47 Å². The first-order valence-corrected chi connectivity index (χ1v) is 12.5. The number of cyclic esters (lactones) is 1. The fraction of sp³-hybridized carbons (Fsp3) is 0.750. The summed E-state index contributed by atoms with van der Waals surface area (Å²) in [4.78, 5) is 12.7. The number of esters is 1. The first-order valence-electron chi connectivity index (χ1n) is 12.5. The molecule has 0 aromatic carbocycles. The molecular formula is C28H46O3. The van der Waals surface area contributed by atoms with Crippen LogP contribution in [0.1, 0.15) is 99.3 Å². The molecule has 0 spiro atoms. The van der Waals surface area contributed by atoms with Gasteiger partial charge in [-0.25, -0.2) is 0 Å². The average Bonchev–Trinajstić information content (AvgIpc) is 3.44. The molecule has 3 heteroatoms. The molecule has 0 radical (unpaired) electrons. The zero-order chi connectivity index (χ0) is 22.9. The van der Waals surface area contributed by atoms with Gasteiger partial charge in [-0.15, -0.1) is 0 Å². The highest BCUT2D eigenvalue weighted by molar-refractivity contribution is 5.76. The van der Waals surface area contributed by atoms with Crippen LogP contribution in [0.4, 0.5) is 0 Å². The van der Waals surface area contributed by atoms with Crippen LogP contribution in [0.15, 0.2) is 36.5 Å². The van der Waals surface area contributed by atoms with Crippen LogP contribution in [0.25, 0.3) is 0 Å². The fourth-order valence-electron chi connectivity index (χ4n) is 4.45. The van der Waals surface area contributed by atoms with Gasteiger partial charge in [-0.2, -0.15) is 0 Å². The topological polar surface area (TPSA) is 38.8 Å². The number of carbonyl (C=O) groups is 1. The number of hydrogen-bond donors (Lipinski definition) is 0. The van der Waals surface area contributed by atoms with Gasteiger partial charge in [0.1, 0.15) is 6.10 Å². The first kappa shape index (κ1) is 25.9. The van der Waals surface area contributed by atoms with E-state index in [9.17, 15) is 4.79 Å². The maximum atomic E-state index is 12.7. The summed E-state index contributed by atoms with van der Waals surface area (Å²) in [5.41, 5.74) is -0.330. The van der Waals surface area contributed by atoms with E-state index in [0.29, 0.717) is 18.1 Å². The molecule has 2 aliphatic heterocycles. The van der Waals surface area contributed by atoms with Crippen molar-refractivity contribution in [3.8, 4) is 0 Å². The van der Waals surface area contributed by atoms with Gasteiger partial charge in [-0.1, -0.05) is 77.3 Å². The maximum absolute atomic E-state index is 12.7. The SMILES string of the molecule is CCCC(C)C1OC1CC(C)(C)/C=C/C=C/C1C/C=C/CCCCCC(C)(C)C(=O)O1. The van der Waals surface area contributed by atoms with E-state index in [1.54, 1.807) is 0 Å². The average molecular weight is 431 g/mol. The summed E-state index contributed by atoms with van der Waals surface area (Å²) < 4.78 is 11.8. The van der Waals surface area contributed by atoms with Gasteiger partial charge in [0.15, 0.2) is 0 Å². The molecule has 0 aromatic rings. The van der Waals surface area contributed by atoms with Crippen molar-refractivity contribution in [2.24, 2.45) is 16.7 Å². The normalized spacial score (nSPS) is 29.9. The second kappa shape index (κ2) is 12.0. The van der Waals surface area contributed by atoms with Crippen molar-refractivity contribution < 1.29 is 14.3 Å². The van der Waals surface area contributed by atoms with E-state index in [-0.39, 0.29) is 17.5 Å². The van der Waals surface area contributed by atoms with E-state index in [1.165, 1.54) is 25.7 Å². The predicted octanol–water partition coefficient (Wildman–Crippen LogP) is 7.57. The lowest BCUT2D eigenvalue weighted by molar-refractivity contribution is -0.157. The summed E-state index contributed by atoms with van der Waals surface area (Å²) in [5.74, 6) is 0.571. The third-order valence-corrected chi connectivity index (χ3v) is 6.66. The molecule has 0 saturated carbocycles. The number of ether oxygens (including phenoxy) is 2. The molecule has 2 aliphatic rings. The van der Waals surface area contributed by atoms with E-state index < -0.39 is 5.41 Å². The molecule has 0 aliphatic carbocycles. The van der Waals surface area contributed by atoms with Crippen LogP contribution in [0.3, 0.4) is 0 Å². The Bertz CT molecular complexity index is 641. The van der Waals surface area contributed by atoms with Crippen LogP contribution in [0.5, 0.6) is 0 Å². The van der Waals surface area contributed by atoms with E-state index in [1.807, 2.05) is 26.0 Å². The Balaban J connectivity index is 1.91. The van der Waals surface area contributed by atoms with E-state index in [4.69, 9.17) is 9.47 Å². The lowest BCUT2D eigenvalue weighted by atomic mass is 9.85. The second-order valence-corrected chi connectivity index (χ2v) is 11.0. The monoisotopic (exact) mass is 430 g/mol. The standard InChI is InChI=1S/C28H46O3/c1-7-16-22(2)25-24(31-25)21-27(3,4)19-15-13-18-23-17-12-10-8-9-11-14-20-28(5,6)26(29)30-23/h10,12-13,15,18-19,22-25H,7-9,11,14,16-17,20-21H2,1-6H3/b12-10+,18-13+,19-15+. The van der Waals surface area contributed by atoms with Crippen LogP contribution in [0.2, 0.25) is 0 Å². The zero-order valence-corrected chi connectivity index (χ0v) is 20.9. The molecule has 3 nitrogen and oxygen atoms in total. The molecule has 2 heterocycles. The molecule has 0 aromatic heterocycles. The third-order valence-electron chi connectivity index (χ3n) is 6.66. The number of allylic oxidation sites excluding steroid dienone is 4. The minimum atomic E-state index is -0.414. The van der Waals surface area contributed by atoms with Crippen molar-refractivity contribution in [3.05, 3.63) is 36.5 Å². The highest BCUT2D eigenvalue weighted by Crippen LogP contribution is 2.40. The van der Waals surface area contributed by atoms with Crippen molar-refractivity contribution in [3.63, 3.8) is 0 Å².